The summed E-state index contributed by atoms with van der Waals surface area (Å²) >= 11 is 1.77. The molecule has 0 aromatic carbocycles. The van der Waals surface area contributed by atoms with Gasteiger partial charge in [0, 0.05) is 49.4 Å². The number of hydrogen-bond donors (Lipinski definition) is 1. The Hall–Kier alpha value is -1.63. The Morgan fingerprint density at radius 1 is 0.935 bits per heavy atom. The van der Waals surface area contributed by atoms with Crippen LogP contribution < -0.4 is 10.2 Å². The average molecular weight is 445 g/mol. The topological polar surface area (TPSA) is 65.5 Å². The van der Waals surface area contributed by atoms with Crippen molar-refractivity contribution in [1.29, 1.82) is 0 Å². The predicted molar refractivity (Wildman–Crippen MR) is 123 cm³/mol. The number of carbonyl (C=O) groups excluding carboxylic acids is 2. The second kappa shape index (κ2) is 9.47. The van der Waals surface area contributed by atoms with Crippen LogP contribution in [0.4, 0.5) is 5.13 Å². The van der Waals surface area contributed by atoms with Gasteiger partial charge in [0.05, 0.1) is 5.69 Å². The molecule has 5 rings (SSSR count). The third-order valence-corrected chi connectivity index (χ3v) is 9.09. The van der Waals surface area contributed by atoms with Gasteiger partial charge in [0.2, 0.25) is 11.8 Å². The molecule has 7 heteroatoms. The van der Waals surface area contributed by atoms with Crippen molar-refractivity contribution < 1.29 is 9.59 Å². The van der Waals surface area contributed by atoms with Crippen LogP contribution in [0.2, 0.25) is 0 Å². The van der Waals surface area contributed by atoms with Crippen molar-refractivity contribution in [3.05, 3.63) is 10.6 Å². The number of amides is 2. The van der Waals surface area contributed by atoms with Gasteiger partial charge in [-0.05, 0) is 50.9 Å². The summed E-state index contributed by atoms with van der Waals surface area (Å²) < 4.78 is 0. The van der Waals surface area contributed by atoms with Crippen molar-refractivity contribution in [2.24, 2.45) is 17.8 Å². The van der Waals surface area contributed by atoms with E-state index in [9.17, 15) is 9.59 Å². The zero-order valence-corrected chi connectivity index (χ0v) is 19.4. The quantitative estimate of drug-likeness (QED) is 0.756. The van der Waals surface area contributed by atoms with Gasteiger partial charge >= 0.3 is 0 Å². The molecular weight excluding hydrogens is 408 g/mol. The standard InChI is InChI=1S/C24H36N4O2S/c29-22(25-16-17-5-2-1-3-6-17)19-9-10-20-21(15-19)31-24(26-20)28-13-11-27(12-14-28)23(30)18-7-4-8-18/h17-19H,1-16H2,(H,25,29)/t19-/m1/s1. The first-order chi connectivity index (χ1) is 15.2. The maximum atomic E-state index is 12.8. The molecule has 0 bridgehead atoms. The number of fused-ring (bicyclic) bond motifs is 1. The molecule has 1 saturated heterocycles. The van der Waals surface area contributed by atoms with E-state index in [0.29, 0.717) is 17.7 Å². The summed E-state index contributed by atoms with van der Waals surface area (Å²) in [4.78, 5) is 35.9. The zero-order valence-electron chi connectivity index (χ0n) is 18.6. The first kappa shape index (κ1) is 21.2. The molecule has 1 aliphatic heterocycles. The van der Waals surface area contributed by atoms with Gasteiger partial charge in [0.25, 0.3) is 0 Å². The van der Waals surface area contributed by atoms with Gasteiger partial charge < -0.3 is 15.1 Å². The first-order valence-electron chi connectivity index (χ1n) is 12.5. The second-order valence-corrected chi connectivity index (χ2v) is 11.1. The Kier molecular flexibility index (Phi) is 6.49. The minimum atomic E-state index is 0.0985. The molecule has 3 aliphatic carbocycles. The Balaban J connectivity index is 1.12. The lowest BCUT2D eigenvalue weighted by molar-refractivity contribution is -0.138. The number of rotatable bonds is 5. The molecule has 0 unspecified atom stereocenters. The number of anilines is 1. The molecule has 1 aromatic heterocycles. The Bertz CT molecular complexity index is 791. The van der Waals surface area contributed by atoms with Gasteiger partial charge in [-0.1, -0.05) is 25.7 Å². The number of aromatic nitrogens is 1. The Labute approximate surface area is 189 Å². The number of aryl methyl sites for hydroxylation is 1. The summed E-state index contributed by atoms with van der Waals surface area (Å²) in [5, 5.41) is 4.34. The van der Waals surface area contributed by atoms with E-state index in [1.165, 1.54) is 49.1 Å². The molecule has 170 valence electrons. The van der Waals surface area contributed by atoms with Crippen LogP contribution in [0.25, 0.3) is 0 Å². The van der Waals surface area contributed by atoms with E-state index in [4.69, 9.17) is 4.98 Å². The zero-order chi connectivity index (χ0) is 21.2. The molecule has 2 heterocycles. The van der Waals surface area contributed by atoms with Gasteiger partial charge in [0.1, 0.15) is 0 Å². The molecule has 0 radical (unpaired) electrons. The number of nitrogens with one attached hydrogen (secondary N) is 1. The number of hydrogen-bond acceptors (Lipinski definition) is 5. The summed E-state index contributed by atoms with van der Waals surface area (Å²) in [6.45, 7) is 4.23. The largest absolute Gasteiger partial charge is 0.356 e. The fourth-order valence-electron chi connectivity index (χ4n) is 5.53. The minimum Gasteiger partial charge on any atom is -0.356 e. The van der Waals surface area contributed by atoms with Crippen LogP contribution in [0.15, 0.2) is 0 Å². The highest BCUT2D eigenvalue weighted by Gasteiger charge is 2.33. The van der Waals surface area contributed by atoms with Crippen molar-refractivity contribution in [2.75, 3.05) is 37.6 Å². The molecule has 2 saturated carbocycles. The van der Waals surface area contributed by atoms with E-state index in [2.05, 4.69) is 15.1 Å². The van der Waals surface area contributed by atoms with Crippen LogP contribution in [0.5, 0.6) is 0 Å². The van der Waals surface area contributed by atoms with Gasteiger partial charge in [0.15, 0.2) is 5.13 Å². The summed E-state index contributed by atoms with van der Waals surface area (Å²) in [6.07, 6.45) is 12.6. The van der Waals surface area contributed by atoms with Gasteiger partial charge in [-0.2, -0.15) is 0 Å². The van der Waals surface area contributed by atoms with E-state index in [1.807, 2.05) is 0 Å². The lowest BCUT2D eigenvalue weighted by Gasteiger charge is -2.38. The normalized spacial score (nSPS) is 25.1. The lowest BCUT2D eigenvalue weighted by Crippen LogP contribution is -2.51. The van der Waals surface area contributed by atoms with Crippen molar-refractivity contribution in [1.82, 2.24) is 15.2 Å². The monoisotopic (exact) mass is 444 g/mol. The summed E-state index contributed by atoms with van der Waals surface area (Å²) in [5.41, 5.74) is 1.20. The van der Waals surface area contributed by atoms with Crippen LogP contribution >= 0.6 is 11.3 Å². The van der Waals surface area contributed by atoms with Gasteiger partial charge in [-0.25, -0.2) is 4.98 Å². The third kappa shape index (κ3) is 4.76. The maximum Gasteiger partial charge on any atom is 0.225 e. The van der Waals surface area contributed by atoms with Crippen LogP contribution in [0.3, 0.4) is 0 Å². The molecule has 4 aliphatic rings. The Morgan fingerprint density at radius 3 is 2.42 bits per heavy atom. The van der Waals surface area contributed by atoms with Crippen molar-refractivity contribution in [3.63, 3.8) is 0 Å². The number of piperazine rings is 1. The smallest absolute Gasteiger partial charge is 0.225 e. The summed E-state index contributed by atoms with van der Waals surface area (Å²) in [5.74, 6) is 1.68. The molecule has 6 nitrogen and oxygen atoms in total. The van der Waals surface area contributed by atoms with E-state index in [0.717, 1.165) is 70.0 Å². The van der Waals surface area contributed by atoms with Crippen LogP contribution in [0.1, 0.15) is 68.4 Å². The number of carbonyl (C=O) groups is 2. The lowest BCUT2D eigenvalue weighted by atomic mass is 9.84. The highest BCUT2D eigenvalue weighted by molar-refractivity contribution is 7.15. The average Bonchev–Trinajstić information content (AvgIpc) is 3.20. The number of nitrogens with zero attached hydrogens (tertiary/aromatic N) is 3. The second-order valence-electron chi connectivity index (χ2n) is 10.00. The highest BCUT2D eigenvalue weighted by atomic mass is 32.1. The predicted octanol–water partition coefficient (Wildman–Crippen LogP) is 3.39. The number of thiazole rings is 1. The van der Waals surface area contributed by atoms with Crippen LogP contribution in [-0.4, -0.2) is 54.4 Å². The molecule has 1 N–H and O–H groups in total. The molecule has 3 fully saturated rings. The molecule has 1 atom stereocenters. The van der Waals surface area contributed by atoms with Crippen molar-refractivity contribution in [2.45, 2.75) is 70.6 Å². The molecular formula is C24H36N4O2S. The maximum absolute atomic E-state index is 12.8. The SMILES string of the molecule is O=C(NCC1CCCCC1)[C@@H]1CCc2nc(N3CCN(C(=O)C4CCC4)CC3)sc2C1. The molecule has 2 amide bonds. The molecule has 31 heavy (non-hydrogen) atoms. The van der Waals surface area contributed by atoms with Crippen LogP contribution in [-0.2, 0) is 22.4 Å². The van der Waals surface area contributed by atoms with Crippen LogP contribution in [0, 0.1) is 17.8 Å². The van der Waals surface area contributed by atoms with Gasteiger partial charge in [-0.15, -0.1) is 11.3 Å². The first-order valence-corrected chi connectivity index (χ1v) is 13.3. The summed E-state index contributed by atoms with van der Waals surface area (Å²) in [7, 11) is 0. The van der Waals surface area contributed by atoms with Gasteiger partial charge in [-0.3, -0.25) is 9.59 Å². The van der Waals surface area contributed by atoms with Crippen molar-refractivity contribution >= 4 is 28.3 Å². The van der Waals surface area contributed by atoms with Crippen molar-refractivity contribution in [3.8, 4) is 0 Å². The molecule has 0 spiro atoms. The van der Waals surface area contributed by atoms with E-state index >= 15 is 0 Å². The highest BCUT2D eigenvalue weighted by Crippen LogP contribution is 2.35. The van der Waals surface area contributed by atoms with E-state index in [-0.39, 0.29) is 11.8 Å². The fraction of sp³-hybridized carbons (Fsp3) is 0.792. The van der Waals surface area contributed by atoms with E-state index in [1.54, 1.807) is 11.3 Å². The fourth-order valence-corrected chi connectivity index (χ4v) is 6.77. The third-order valence-electron chi connectivity index (χ3n) is 7.91. The Morgan fingerprint density at radius 2 is 1.71 bits per heavy atom. The minimum absolute atomic E-state index is 0.0985. The summed E-state index contributed by atoms with van der Waals surface area (Å²) in [6, 6.07) is 0. The molecule has 1 aromatic rings. The van der Waals surface area contributed by atoms with E-state index < -0.39 is 0 Å².